The Morgan fingerprint density at radius 2 is 1.92 bits per heavy atom. The molecular formula is C17H19FN2O4S. The molecule has 0 unspecified atom stereocenters. The maximum absolute atomic E-state index is 13.4. The van der Waals surface area contributed by atoms with Crippen molar-refractivity contribution in [3.63, 3.8) is 0 Å². The number of amides is 1. The Bertz CT molecular complexity index is 855. The molecule has 0 aliphatic heterocycles. The van der Waals surface area contributed by atoms with Gasteiger partial charge in [0, 0.05) is 6.54 Å². The first-order valence-corrected chi connectivity index (χ1v) is 9.32. The summed E-state index contributed by atoms with van der Waals surface area (Å²) in [5.74, 6) is -0.501. The summed E-state index contributed by atoms with van der Waals surface area (Å²) in [5.41, 5.74) is 0.552. The van der Waals surface area contributed by atoms with Gasteiger partial charge < -0.3 is 10.1 Å². The molecule has 2 aromatic rings. The van der Waals surface area contributed by atoms with E-state index in [-0.39, 0.29) is 24.7 Å². The Balaban J connectivity index is 2.08. The lowest BCUT2D eigenvalue weighted by Gasteiger charge is -2.22. The molecule has 2 aromatic carbocycles. The fourth-order valence-corrected chi connectivity index (χ4v) is 3.24. The number of sulfonamides is 1. The first-order chi connectivity index (χ1) is 11.8. The van der Waals surface area contributed by atoms with Crippen LogP contribution in [0.15, 0.2) is 48.5 Å². The van der Waals surface area contributed by atoms with Gasteiger partial charge in [0.15, 0.2) is 0 Å². The average Bonchev–Trinajstić information content (AvgIpc) is 2.57. The van der Waals surface area contributed by atoms with Crippen LogP contribution in [0.1, 0.15) is 10.4 Å². The monoisotopic (exact) mass is 366 g/mol. The van der Waals surface area contributed by atoms with Crippen molar-refractivity contribution < 1.29 is 22.3 Å². The summed E-state index contributed by atoms with van der Waals surface area (Å²) in [6.07, 6.45) is 1.03. The Labute approximate surface area is 146 Å². The highest BCUT2D eigenvalue weighted by Gasteiger charge is 2.18. The number of rotatable bonds is 7. The minimum Gasteiger partial charge on any atom is -0.496 e. The van der Waals surface area contributed by atoms with Crippen LogP contribution in [0.2, 0.25) is 0 Å². The van der Waals surface area contributed by atoms with E-state index in [0.717, 1.165) is 16.6 Å². The van der Waals surface area contributed by atoms with Gasteiger partial charge in [0.25, 0.3) is 5.91 Å². The fraction of sp³-hybridized carbons (Fsp3) is 0.235. The topological polar surface area (TPSA) is 75.7 Å². The van der Waals surface area contributed by atoms with Gasteiger partial charge in [0.05, 0.1) is 31.2 Å². The lowest BCUT2D eigenvalue weighted by Crippen LogP contribution is -2.38. The number of nitrogens with zero attached hydrogens (tertiary/aromatic N) is 1. The van der Waals surface area contributed by atoms with Gasteiger partial charge >= 0.3 is 0 Å². The number of ether oxygens (including phenoxy) is 1. The molecule has 134 valence electrons. The van der Waals surface area contributed by atoms with Gasteiger partial charge in [0.2, 0.25) is 10.0 Å². The Kier molecular flexibility index (Phi) is 5.97. The van der Waals surface area contributed by atoms with Gasteiger partial charge in [-0.2, -0.15) is 0 Å². The summed E-state index contributed by atoms with van der Waals surface area (Å²) in [5, 5.41) is 2.64. The fourth-order valence-electron chi connectivity index (χ4n) is 2.32. The summed E-state index contributed by atoms with van der Waals surface area (Å²) < 4.78 is 43.4. The summed E-state index contributed by atoms with van der Waals surface area (Å²) >= 11 is 0. The molecule has 0 radical (unpaired) electrons. The van der Waals surface area contributed by atoms with Crippen LogP contribution in [0.5, 0.6) is 5.75 Å². The number of hydrogen-bond acceptors (Lipinski definition) is 4. The number of carbonyl (C=O) groups excluding carboxylic acids is 1. The van der Waals surface area contributed by atoms with E-state index >= 15 is 0 Å². The van der Waals surface area contributed by atoms with Crippen LogP contribution < -0.4 is 14.4 Å². The molecule has 25 heavy (non-hydrogen) atoms. The van der Waals surface area contributed by atoms with Gasteiger partial charge in [0.1, 0.15) is 11.6 Å². The summed E-state index contributed by atoms with van der Waals surface area (Å²) in [7, 11) is -2.16. The number of nitrogens with one attached hydrogen (secondary N) is 1. The molecule has 0 aliphatic rings. The molecule has 0 spiro atoms. The molecule has 1 N–H and O–H groups in total. The maximum atomic E-state index is 13.4. The van der Waals surface area contributed by atoms with Crippen molar-refractivity contribution in [1.82, 2.24) is 5.32 Å². The Hall–Kier alpha value is -2.61. The van der Waals surface area contributed by atoms with E-state index in [1.54, 1.807) is 24.3 Å². The predicted octanol–water partition coefficient (Wildman–Crippen LogP) is 2.03. The van der Waals surface area contributed by atoms with Crippen LogP contribution in [-0.4, -0.2) is 40.8 Å². The molecule has 0 aliphatic carbocycles. The van der Waals surface area contributed by atoms with Gasteiger partial charge in [-0.1, -0.05) is 18.2 Å². The second-order valence-corrected chi connectivity index (χ2v) is 7.18. The van der Waals surface area contributed by atoms with Crippen molar-refractivity contribution in [3.8, 4) is 5.75 Å². The minimum absolute atomic E-state index is 0.0246. The second kappa shape index (κ2) is 7.98. The van der Waals surface area contributed by atoms with E-state index in [4.69, 9.17) is 4.74 Å². The average molecular weight is 366 g/mol. The number of benzene rings is 2. The second-order valence-electron chi connectivity index (χ2n) is 5.27. The first kappa shape index (κ1) is 18.7. The lowest BCUT2D eigenvalue weighted by atomic mass is 10.2. The van der Waals surface area contributed by atoms with Crippen LogP contribution in [-0.2, 0) is 10.0 Å². The highest BCUT2D eigenvalue weighted by Crippen LogP contribution is 2.19. The van der Waals surface area contributed by atoms with Crippen molar-refractivity contribution in [2.75, 3.05) is 30.8 Å². The SMILES string of the molecule is COc1ccccc1C(=O)NCCN(c1cccc(F)c1)S(C)(=O)=O. The maximum Gasteiger partial charge on any atom is 0.255 e. The van der Waals surface area contributed by atoms with Crippen molar-refractivity contribution in [3.05, 3.63) is 59.9 Å². The number of halogens is 1. The van der Waals surface area contributed by atoms with E-state index in [1.165, 1.54) is 25.3 Å². The van der Waals surface area contributed by atoms with E-state index in [0.29, 0.717) is 11.3 Å². The van der Waals surface area contributed by atoms with E-state index < -0.39 is 15.8 Å². The quantitative estimate of drug-likeness (QED) is 0.814. The third kappa shape index (κ3) is 4.93. The zero-order valence-electron chi connectivity index (χ0n) is 13.9. The number of para-hydroxylation sites is 1. The zero-order chi connectivity index (χ0) is 18.4. The number of carbonyl (C=O) groups is 1. The molecule has 6 nitrogen and oxygen atoms in total. The Morgan fingerprint density at radius 1 is 1.20 bits per heavy atom. The van der Waals surface area contributed by atoms with Crippen molar-refractivity contribution >= 4 is 21.6 Å². The predicted molar refractivity (Wildman–Crippen MR) is 93.9 cm³/mol. The number of methoxy groups -OCH3 is 1. The molecule has 0 fully saturated rings. The summed E-state index contributed by atoms with van der Waals surface area (Å²) in [6.45, 7) is 0.0314. The standard InChI is InChI=1S/C17H19FN2O4S/c1-24-16-9-4-3-8-15(16)17(21)19-10-11-20(25(2,22)23)14-7-5-6-13(18)12-14/h3-9,12H,10-11H2,1-2H3,(H,19,21). The molecule has 0 heterocycles. The molecule has 0 saturated carbocycles. The third-order valence-electron chi connectivity index (χ3n) is 3.45. The molecule has 1 amide bonds. The van der Waals surface area contributed by atoms with Crippen molar-refractivity contribution in [2.45, 2.75) is 0 Å². The minimum atomic E-state index is -3.62. The molecule has 0 saturated heterocycles. The normalized spacial score (nSPS) is 11.0. The van der Waals surface area contributed by atoms with Crippen LogP contribution in [0.3, 0.4) is 0 Å². The summed E-state index contributed by atoms with van der Waals surface area (Å²) in [4.78, 5) is 12.2. The highest BCUT2D eigenvalue weighted by atomic mass is 32.2. The van der Waals surface area contributed by atoms with Gasteiger partial charge in [-0.05, 0) is 30.3 Å². The van der Waals surface area contributed by atoms with Gasteiger partial charge in [-0.15, -0.1) is 0 Å². The smallest absolute Gasteiger partial charge is 0.255 e. The van der Waals surface area contributed by atoms with Gasteiger partial charge in [-0.25, -0.2) is 12.8 Å². The first-order valence-electron chi connectivity index (χ1n) is 7.47. The Morgan fingerprint density at radius 3 is 2.56 bits per heavy atom. The van der Waals surface area contributed by atoms with Crippen LogP contribution in [0, 0.1) is 5.82 Å². The third-order valence-corrected chi connectivity index (χ3v) is 4.64. The van der Waals surface area contributed by atoms with Crippen LogP contribution >= 0.6 is 0 Å². The summed E-state index contributed by atoms with van der Waals surface area (Å²) in [6, 6.07) is 12.0. The number of hydrogen-bond donors (Lipinski definition) is 1. The molecular weight excluding hydrogens is 347 g/mol. The number of anilines is 1. The van der Waals surface area contributed by atoms with Crippen molar-refractivity contribution in [1.29, 1.82) is 0 Å². The highest BCUT2D eigenvalue weighted by molar-refractivity contribution is 7.92. The van der Waals surface area contributed by atoms with Crippen LogP contribution in [0.25, 0.3) is 0 Å². The van der Waals surface area contributed by atoms with Crippen LogP contribution in [0.4, 0.5) is 10.1 Å². The van der Waals surface area contributed by atoms with E-state index in [9.17, 15) is 17.6 Å². The zero-order valence-corrected chi connectivity index (χ0v) is 14.7. The molecule has 2 rings (SSSR count). The lowest BCUT2D eigenvalue weighted by molar-refractivity contribution is 0.0952. The molecule has 0 aromatic heterocycles. The van der Waals surface area contributed by atoms with Crippen molar-refractivity contribution in [2.24, 2.45) is 0 Å². The molecule has 0 atom stereocenters. The van der Waals surface area contributed by atoms with Gasteiger partial charge in [-0.3, -0.25) is 9.10 Å². The molecule has 8 heteroatoms. The largest absolute Gasteiger partial charge is 0.496 e. The van der Waals surface area contributed by atoms with E-state index in [2.05, 4.69) is 5.32 Å². The van der Waals surface area contributed by atoms with E-state index in [1.807, 2.05) is 0 Å². The molecule has 0 bridgehead atoms.